The van der Waals surface area contributed by atoms with Gasteiger partial charge in [0.25, 0.3) is 0 Å². The van der Waals surface area contributed by atoms with Gasteiger partial charge in [0.15, 0.2) is 0 Å². The van der Waals surface area contributed by atoms with Gasteiger partial charge in [0, 0.05) is 17.6 Å². The van der Waals surface area contributed by atoms with Crippen molar-refractivity contribution < 1.29 is 0 Å². The fraction of sp³-hybridized carbons (Fsp3) is 0.0526. The van der Waals surface area contributed by atoms with Crippen molar-refractivity contribution in [3.63, 3.8) is 0 Å². The summed E-state index contributed by atoms with van der Waals surface area (Å²) >= 11 is 4.01. The molecular weight excluding hydrogens is 304 g/mol. The van der Waals surface area contributed by atoms with Gasteiger partial charge in [-0.25, -0.2) is 4.98 Å². The molecule has 0 aliphatic carbocycles. The number of hydrogen-bond donors (Lipinski definition) is 2. The van der Waals surface area contributed by atoms with Crippen molar-refractivity contribution in [2.45, 2.75) is 6.42 Å². The van der Waals surface area contributed by atoms with Crippen molar-refractivity contribution >= 4 is 23.7 Å². The van der Waals surface area contributed by atoms with Crippen LogP contribution in [0.15, 0.2) is 77.1 Å². The summed E-state index contributed by atoms with van der Waals surface area (Å²) in [6.07, 6.45) is 8.56. The predicted molar refractivity (Wildman–Crippen MR) is 98.8 cm³/mol. The number of allylic oxidation sites excluding steroid dienone is 3. The number of benzene rings is 1. The zero-order valence-electron chi connectivity index (χ0n) is 12.4. The summed E-state index contributed by atoms with van der Waals surface area (Å²) < 4.78 is 0. The first-order valence-corrected chi connectivity index (χ1v) is 7.83. The number of pyridine rings is 2. The van der Waals surface area contributed by atoms with Crippen molar-refractivity contribution in [2.75, 3.05) is 0 Å². The molecule has 0 unspecified atom stereocenters. The van der Waals surface area contributed by atoms with Crippen LogP contribution >= 0.6 is 12.6 Å². The molecule has 0 saturated carbocycles. The smallest absolute Gasteiger partial charge is 0.249 e. The van der Waals surface area contributed by atoms with Crippen LogP contribution in [-0.2, 0) is 6.42 Å². The fourth-order valence-electron chi connectivity index (χ4n) is 2.46. The zero-order valence-corrected chi connectivity index (χ0v) is 13.3. The number of nitrogens with one attached hydrogen (secondary N) is 1. The summed E-state index contributed by atoms with van der Waals surface area (Å²) in [4.78, 5) is 18.4. The van der Waals surface area contributed by atoms with Crippen LogP contribution in [0.2, 0.25) is 0 Å². The standard InChI is InChI=1S/C19H16N2OS/c22-18-10-9-17-16(11-12-20-19(17)21-18)15-7-5-14(6-8-15)4-2-1-3-13-23/h1-3,5-13,23H,4H2,(H,20,21,22)/b2-1+,13-3-. The van der Waals surface area contributed by atoms with Crippen LogP contribution in [0.3, 0.4) is 0 Å². The highest BCUT2D eigenvalue weighted by Crippen LogP contribution is 2.26. The second kappa shape index (κ2) is 7.11. The molecule has 23 heavy (non-hydrogen) atoms. The molecule has 0 radical (unpaired) electrons. The Morgan fingerprint density at radius 1 is 1.04 bits per heavy atom. The van der Waals surface area contributed by atoms with Gasteiger partial charge in [-0.15, -0.1) is 0 Å². The maximum absolute atomic E-state index is 11.4. The van der Waals surface area contributed by atoms with E-state index < -0.39 is 0 Å². The molecule has 0 saturated heterocycles. The van der Waals surface area contributed by atoms with E-state index in [0.717, 1.165) is 22.9 Å². The number of aromatic amines is 1. The zero-order chi connectivity index (χ0) is 16.1. The minimum absolute atomic E-state index is 0.139. The van der Waals surface area contributed by atoms with E-state index in [9.17, 15) is 4.79 Å². The summed E-state index contributed by atoms with van der Waals surface area (Å²) in [5.74, 6) is 0. The van der Waals surface area contributed by atoms with E-state index in [1.807, 2.05) is 24.3 Å². The van der Waals surface area contributed by atoms with Gasteiger partial charge in [-0.3, -0.25) is 4.79 Å². The Hall–Kier alpha value is -2.59. The molecule has 0 atom stereocenters. The maximum atomic E-state index is 11.4. The number of nitrogens with zero attached hydrogens (tertiary/aromatic N) is 1. The molecule has 0 fully saturated rings. The number of aromatic nitrogens is 2. The van der Waals surface area contributed by atoms with Crippen molar-refractivity contribution in [1.82, 2.24) is 9.97 Å². The van der Waals surface area contributed by atoms with Crippen LogP contribution in [0.1, 0.15) is 5.56 Å². The average molecular weight is 320 g/mol. The largest absolute Gasteiger partial charge is 0.307 e. The molecule has 0 aliphatic heterocycles. The molecule has 1 aromatic carbocycles. The molecule has 1 N–H and O–H groups in total. The van der Waals surface area contributed by atoms with Gasteiger partial charge in [-0.05, 0) is 40.7 Å². The van der Waals surface area contributed by atoms with E-state index in [1.165, 1.54) is 11.6 Å². The second-order valence-electron chi connectivity index (χ2n) is 5.11. The Labute approximate surface area is 139 Å². The summed E-state index contributed by atoms with van der Waals surface area (Å²) in [6.45, 7) is 0. The van der Waals surface area contributed by atoms with E-state index in [2.05, 4.69) is 52.9 Å². The van der Waals surface area contributed by atoms with Crippen LogP contribution in [0.25, 0.3) is 22.2 Å². The van der Waals surface area contributed by atoms with E-state index in [-0.39, 0.29) is 5.56 Å². The van der Waals surface area contributed by atoms with Crippen molar-refractivity contribution in [2.24, 2.45) is 0 Å². The lowest BCUT2D eigenvalue weighted by molar-refractivity contribution is 1.23. The first kappa shape index (κ1) is 15.3. The van der Waals surface area contributed by atoms with Crippen LogP contribution < -0.4 is 5.56 Å². The van der Waals surface area contributed by atoms with E-state index in [1.54, 1.807) is 11.6 Å². The van der Waals surface area contributed by atoms with E-state index in [4.69, 9.17) is 0 Å². The maximum Gasteiger partial charge on any atom is 0.249 e. The first-order chi connectivity index (χ1) is 11.3. The topological polar surface area (TPSA) is 45.8 Å². The van der Waals surface area contributed by atoms with Gasteiger partial charge in [-0.2, -0.15) is 12.6 Å². The third-order valence-electron chi connectivity index (χ3n) is 3.58. The Kier molecular flexibility index (Phi) is 4.74. The van der Waals surface area contributed by atoms with Crippen molar-refractivity contribution in [3.05, 3.63) is 88.2 Å². The van der Waals surface area contributed by atoms with Crippen LogP contribution in [0.5, 0.6) is 0 Å². The first-order valence-electron chi connectivity index (χ1n) is 7.31. The minimum atomic E-state index is -0.139. The lowest BCUT2D eigenvalue weighted by Crippen LogP contribution is -2.03. The highest BCUT2D eigenvalue weighted by atomic mass is 32.1. The summed E-state index contributed by atoms with van der Waals surface area (Å²) in [7, 11) is 0. The molecule has 3 aromatic rings. The Bertz CT molecular complexity index is 924. The van der Waals surface area contributed by atoms with Gasteiger partial charge < -0.3 is 4.98 Å². The number of hydrogen-bond acceptors (Lipinski definition) is 3. The highest BCUT2D eigenvalue weighted by molar-refractivity contribution is 7.83. The monoisotopic (exact) mass is 320 g/mol. The lowest BCUT2D eigenvalue weighted by atomic mass is 10.0. The number of H-pyrrole nitrogens is 1. The van der Waals surface area contributed by atoms with Crippen molar-refractivity contribution in [1.29, 1.82) is 0 Å². The van der Waals surface area contributed by atoms with Crippen LogP contribution in [-0.4, -0.2) is 9.97 Å². The van der Waals surface area contributed by atoms with E-state index in [0.29, 0.717) is 5.65 Å². The Morgan fingerprint density at radius 3 is 2.65 bits per heavy atom. The van der Waals surface area contributed by atoms with E-state index >= 15 is 0 Å². The van der Waals surface area contributed by atoms with Gasteiger partial charge in [0.1, 0.15) is 5.65 Å². The minimum Gasteiger partial charge on any atom is -0.307 e. The number of rotatable bonds is 4. The molecule has 0 spiro atoms. The van der Waals surface area contributed by atoms with Gasteiger partial charge in [0.2, 0.25) is 5.56 Å². The van der Waals surface area contributed by atoms with Crippen molar-refractivity contribution in [3.8, 4) is 11.1 Å². The summed E-state index contributed by atoms with van der Waals surface area (Å²) in [5, 5.41) is 2.65. The Morgan fingerprint density at radius 2 is 1.87 bits per heavy atom. The molecule has 0 amide bonds. The van der Waals surface area contributed by atoms with Gasteiger partial charge >= 0.3 is 0 Å². The fourth-order valence-corrected chi connectivity index (χ4v) is 2.56. The summed E-state index contributed by atoms with van der Waals surface area (Å²) in [5.41, 5.74) is 3.88. The second-order valence-corrected chi connectivity index (χ2v) is 5.41. The van der Waals surface area contributed by atoms with Crippen LogP contribution in [0, 0.1) is 0 Å². The molecule has 0 bridgehead atoms. The molecule has 2 aromatic heterocycles. The number of fused-ring (bicyclic) bond motifs is 1. The average Bonchev–Trinajstić information content (AvgIpc) is 2.58. The molecule has 0 aliphatic rings. The molecule has 4 heteroatoms. The highest BCUT2D eigenvalue weighted by Gasteiger charge is 2.05. The third-order valence-corrected chi connectivity index (χ3v) is 3.76. The van der Waals surface area contributed by atoms with Gasteiger partial charge in [0.05, 0.1) is 0 Å². The SMILES string of the molecule is O=c1ccc2c(-c3ccc(C/C=C/C=C\S)cc3)ccnc2[nH]1. The normalized spacial score (nSPS) is 11.7. The van der Waals surface area contributed by atoms with Crippen LogP contribution in [0.4, 0.5) is 0 Å². The predicted octanol–water partition coefficient (Wildman–Crippen LogP) is 4.13. The third kappa shape index (κ3) is 3.60. The molecule has 3 nitrogen and oxygen atoms in total. The Balaban J connectivity index is 1.92. The molecule has 2 heterocycles. The lowest BCUT2D eigenvalue weighted by Gasteiger charge is -2.06. The molecule has 3 rings (SSSR count). The van der Waals surface area contributed by atoms with Gasteiger partial charge in [-0.1, -0.05) is 42.5 Å². The number of thiol groups is 1. The quantitative estimate of drug-likeness (QED) is 0.561. The molecular formula is C19H16N2OS. The summed E-state index contributed by atoms with van der Waals surface area (Å²) in [6, 6.07) is 13.7. The molecule has 114 valence electrons.